The van der Waals surface area contributed by atoms with Gasteiger partial charge in [0.25, 0.3) is 5.91 Å². The minimum atomic E-state index is -0.672. The van der Waals surface area contributed by atoms with Crippen LogP contribution in [0.5, 0.6) is 11.5 Å². The Hall–Kier alpha value is -2.99. The summed E-state index contributed by atoms with van der Waals surface area (Å²) in [5, 5.41) is 22.4. The first kappa shape index (κ1) is 15.9. The lowest BCUT2D eigenvalue weighted by atomic mass is 10.1. The average Bonchev–Trinajstić information content (AvgIpc) is 2.86. The first-order valence-electron chi connectivity index (χ1n) is 6.84. The number of halogens is 2. The summed E-state index contributed by atoms with van der Waals surface area (Å²) in [7, 11) is 0. The third-order valence-electron chi connectivity index (χ3n) is 3.29. The van der Waals surface area contributed by atoms with Gasteiger partial charge in [-0.2, -0.15) is 0 Å². The standard InChI is InChI=1S/C17H11ClFNO4/c18-12-7-6-10(19)8-11(12)15-13(21)14(22)17(24-15)20-16(23)9-4-2-1-3-5-9/h1-8,21-22H,(H,20,23). The molecule has 1 aromatic heterocycles. The number of carbonyl (C=O) groups excluding carboxylic acids is 1. The van der Waals surface area contributed by atoms with Gasteiger partial charge in [-0.15, -0.1) is 0 Å². The maximum Gasteiger partial charge on any atom is 0.258 e. The van der Waals surface area contributed by atoms with Crippen molar-refractivity contribution in [1.29, 1.82) is 0 Å². The fourth-order valence-electron chi connectivity index (χ4n) is 2.12. The molecule has 0 saturated carbocycles. The number of aromatic hydroxyl groups is 2. The molecule has 1 amide bonds. The molecule has 2 aromatic carbocycles. The molecule has 0 saturated heterocycles. The van der Waals surface area contributed by atoms with Gasteiger partial charge >= 0.3 is 0 Å². The summed E-state index contributed by atoms with van der Waals surface area (Å²) in [5.41, 5.74) is 0.378. The largest absolute Gasteiger partial charge is 0.502 e. The Bertz CT molecular complexity index is 908. The third-order valence-corrected chi connectivity index (χ3v) is 3.62. The van der Waals surface area contributed by atoms with Crippen LogP contribution in [0.2, 0.25) is 5.02 Å². The number of anilines is 1. The van der Waals surface area contributed by atoms with Crippen molar-refractivity contribution in [3.05, 3.63) is 64.9 Å². The van der Waals surface area contributed by atoms with Crippen LogP contribution in [0.4, 0.5) is 10.3 Å². The SMILES string of the molecule is O=C(Nc1oc(-c2cc(F)ccc2Cl)c(O)c1O)c1ccccc1. The van der Waals surface area contributed by atoms with Gasteiger partial charge in [0.05, 0.1) is 5.02 Å². The van der Waals surface area contributed by atoms with E-state index in [1.807, 2.05) is 0 Å². The topological polar surface area (TPSA) is 82.7 Å². The molecule has 3 aromatic rings. The second-order valence-corrected chi connectivity index (χ2v) is 5.31. The lowest BCUT2D eigenvalue weighted by Crippen LogP contribution is -2.11. The molecule has 1 heterocycles. The molecular weight excluding hydrogens is 337 g/mol. The van der Waals surface area contributed by atoms with E-state index in [-0.39, 0.29) is 22.2 Å². The number of benzene rings is 2. The van der Waals surface area contributed by atoms with E-state index in [1.165, 1.54) is 6.07 Å². The minimum absolute atomic E-state index is 0.0460. The smallest absolute Gasteiger partial charge is 0.258 e. The molecule has 0 bridgehead atoms. The number of carbonyl (C=O) groups is 1. The van der Waals surface area contributed by atoms with Crippen LogP contribution in [-0.2, 0) is 0 Å². The molecule has 0 spiro atoms. The highest BCUT2D eigenvalue weighted by Gasteiger charge is 2.24. The van der Waals surface area contributed by atoms with Crippen molar-refractivity contribution in [2.24, 2.45) is 0 Å². The Morgan fingerprint density at radius 1 is 1.08 bits per heavy atom. The van der Waals surface area contributed by atoms with Crippen LogP contribution in [0.25, 0.3) is 11.3 Å². The zero-order chi connectivity index (χ0) is 17.3. The van der Waals surface area contributed by atoms with Crippen molar-refractivity contribution in [3.63, 3.8) is 0 Å². The van der Waals surface area contributed by atoms with Crippen LogP contribution in [0.3, 0.4) is 0 Å². The van der Waals surface area contributed by atoms with E-state index in [2.05, 4.69) is 5.32 Å². The Morgan fingerprint density at radius 3 is 2.50 bits per heavy atom. The van der Waals surface area contributed by atoms with Gasteiger partial charge in [-0.3, -0.25) is 10.1 Å². The van der Waals surface area contributed by atoms with Crippen molar-refractivity contribution in [3.8, 4) is 22.8 Å². The second kappa shape index (κ2) is 6.25. The van der Waals surface area contributed by atoms with Crippen LogP contribution < -0.4 is 5.32 Å². The summed E-state index contributed by atoms with van der Waals surface area (Å²) in [5.74, 6) is -3.08. The van der Waals surface area contributed by atoms with Gasteiger partial charge in [0, 0.05) is 11.1 Å². The number of hydrogen-bond acceptors (Lipinski definition) is 4. The molecular formula is C17H11ClFNO4. The van der Waals surface area contributed by atoms with Crippen molar-refractivity contribution in [1.82, 2.24) is 0 Å². The van der Waals surface area contributed by atoms with Gasteiger partial charge in [-0.05, 0) is 30.3 Å². The van der Waals surface area contributed by atoms with Crippen LogP contribution in [-0.4, -0.2) is 16.1 Å². The quantitative estimate of drug-likeness (QED) is 0.655. The van der Waals surface area contributed by atoms with Gasteiger partial charge in [-0.25, -0.2) is 4.39 Å². The van der Waals surface area contributed by atoms with E-state index >= 15 is 0 Å². The summed E-state index contributed by atoms with van der Waals surface area (Å²) < 4.78 is 18.7. The molecule has 24 heavy (non-hydrogen) atoms. The number of furan rings is 1. The van der Waals surface area contributed by atoms with E-state index < -0.39 is 23.2 Å². The van der Waals surface area contributed by atoms with Crippen LogP contribution in [0, 0.1) is 5.82 Å². The fourth-order valence-corrected chi connectivity index (χ4v) is 2.32. The highest BCUT2D eigenvalue weighted by molar-refractivity contribution is 6.33. The Kier molecular flexibility index (Phi) is 4.14. The van der Waals surface area contributed by atoms with Gasteiger partial charge in [-0.1, -0.05) is 29.8 Å². The molecule has 0 radical (unpaired) electrons. The molecule has 122 valence electrons. The monoisotopic (exact) mass is 347 g/mol. The van der Waals surface area contributed by atoms with E-state index in [9.17, 15) is 19.4 Å². The predicted octanol–water partition coefficient (Wildman–Crippen LogP) is 4.40. The van der Waals surface area contributed by atoms with Crippen molar-refractivity contribution in [2.45, 2.75) is 0 Å². The molecule has 3 rings (SSSR count). The average molecular weight is 348 g/mol. The second-order valence-electron chi connectivity index (χ2n) is 4.90. The molecule has 0 aliphatic rings. The number of rotatable bonds is 3. The first-order chi connectivity index (χ1) is 11.5. The highest BCUT2D eigenvalue weighted by atomic mass is 35.5. The van der Waals surface area contributed by atoms with E-state index in [0.29, 0.717) is 5.56 Å². The zero-order valence-electron chi connectivity index (χ0n) is 12.1. The van der Waals surface area contributed by atoms with Crippen LogP contribution in [0.15, 0.2) is 52.9 Å². The Morgan fingerprint density at radius 2 is 1.79 bits per heavy atom. The summed E-state index contributed by atoms with van der Waals surface area (Å²) in [6.07, 6.45) is 0. The normalized spacial score (nSPS) is 10.6. The zero-order valence-corrected chi connectivity index (χ0v) is 12.8. The Balaban J connectivity index is 1.97. The maximum absolute atomic E-state index is 13.4. The molecule has 0 fully saturated rings. The summed E-state index contributed by atoms with van der Waals surface area (Å²) >= 11 is 5.96. The maximum atomic E-state index is 13.4. The van der Waals surface area contributed by atoms with Crippen molar-refractivity contribution < 1.29 is 23.8 Å². The number of amides is 1. The van der Waals surface area contributed by atoms with Crippen molar-refractivity contribution >= 4 is 23.4 Å². The molecule has 5 nitrogen and oxygen atoms in total. The lowest BCUT2D eigenvalue weighted by molar-refractivity contribution is 0.102. The van der Waals surface area contributed by atoms with Gasteiger partial charge in [0.1, 0.15) is 5.82 Å². The molecule has 0 aliphatic carbocycles. The highest BCUT2D eigenvalue weighted by Crippen LogP contribution is 2.47. The van der Waals surface area contributed by atoms with Crippen LogP contribution in [0.1, 0.15) is 10.4 Å². The lowest BCUT2D eigenvalue weighted by Gasteiger charge is -2.02. The van der Waals surface area contributed by atoms with E-state index in [1.54, 1.807) is 30.3 Å². The molecule has 7 heteroatoms. The summed E-state index contributed by atoms with van der Waals surface area (Å²) in [6, 6.07) is 11.7. The third kappa shape index (κ3) is 2.91. The van der Waals surface area contributed by atoms with Gasteiger partial charge < -0.3 is 14.6 Å². The molecule has 3 N–H and O–H groups in total. The van der Waals surface area contributed by atoms with Gasteiger partial charge in [0.2, 0.25) is 17.4 Å². The molecule has 0 aliphatic heterocycles. The first-order valence-corrected chi connectivity index (χ1v) is 7.21. The number of hydrogen-bond donors (Lipinski definition) is 3. The Labute approximate surface area is 140 Å². The minimum Gasteiger partial charge on any atom is -0.502 e. The van der Waals surface area contributed by atoms with Crippen LogP contribution >= 0.6 is 11.6 Å². The van der Waals surface area contributed by atoms with E-state index in [0.717, 1.165) is 12.1 Å². The fraction of sp³-hybridized carbons (Fsp3) is 0. The molecule has 0 unspecified atom stereocenters. The molecule has 0 atom stereocenters. The predicted molar refractivity (Wildman–Crippen MR) is 86.8 cm³/mol. The van der Waals surface area contributed by atoms with Crippen molar-refractivity contribution in [2.75, 3.05) is 5.32 Å². The van der Waals surface area contributed by atoms with E-state index in [4.69, 9.17) is 16.0 Å². The number of nitrogens with one attached hydrogen (secondary N) is 1. The summed E-state index contributed by atoms with van der Waals surface area (Å²) in [4.78, 5) is 12.1. The van der Waals surface area contributed by atoms with Gasteiger partial charge in [0.15, 0.2) is 5.76 Å². The summed E-state index contributed by atoms with van der Waals surface area (Å²) in [6.45, 7) is 0.